The summed E-state index contributed by atoms with van der Waals surface area (Å²) in [5.41, 5.74) is 0.716. The van der Waals surface area contributed by atoms with E-state index >= 15 is 0 Å². The van der Waals surface area contributed by atoms with E-state index in [9.17, 15) is 18.0 Å². The molecule has 1 N–H and O–H groups in total. The van der Waals surface area contributed by atoms with Gasteiger partial charge in [0.05, 0.1) is 17.6 Å². The molecule has 2 atom stereocenters. The number of carbonyl (C=O) groups excluding carboxylic acids is 1. The van der Waals surface area contributed by atoms with Crippen LogP contribution in [0.2, 0.25) is 0 Å². The molecule has 0 radical (unpaired) electrons. The Balaban J connectivity index is 2.01. The van der Waals surface area contributed by atoms with Crippen molar-refractivity contribution in [1.82, 2.24) is 9.21 Å². The number of rotatable bonds is 7. The van der Waals surface area contributed by atoms with Gasteiger partial charge in [-0.25, -0.2) is 12.7 Å². The van der Waals surface area contributed by atoms with Gasteiger partial charge in [-0.15, -0.1) is 0 Å². The van der Waals surface area contributed by atoms with Crippen molar-refractivity contribution in [3.63, 3.8) is 0 Å². The first-order valence-electron chi connectivity index (χ1n) is 8.70. The largest absolute Gasteiger partial charge is 0.481 e. The highest BCUT2D eigenvalue weighted by molar-refractivity contribution is 7.88. The molecule has 26 heavy (non-hydrogen) atoms. The smallest absolute Gasteiger partial charge is 0.308 e. The fourth-order valence-corrected chi connectivity index (χ4v) is 4.77. The van der Waals surface area contributed by atoms with Crippen molar-refractivity contribution < 1.29 is 23.1 Å². The molecule has 0 bridgehead atoms. The van der Waals surface area contributed by atoms with Crippen LogP contribution in [-0.4, -0.2) is 61.3 Å². The quantitative estimate of drug-likeness (QED) is 0.769. The summed E-state index contributed by atoms with van der Waals surface area (Å²) in [6.07, 6.45) is 1.23. The number of carboxylic acids is 1. The summed E-state index contributed by atoms with van der Waals surface area (Å²) in [6, 6.07) is 8.97. The van der Waals surface area contributed by atoms with Gasteiger partial charge >= 0.3 is 5.97 Å². The zero-order chi connectivity index (χ0) is 19.3. The van der Waals surface area contributed by atoms with Crippen LogP contribution in [0.1, 0.15) is 25.3 Å². The van der Waals surface area contributed by atoms with Gasteiger partial charge < -0.3 is 10.0 Å². The van der Waals surface area contributed by atoms with Crippen molar-refractivity contribution in [1.29, 1.82) is 0 Å². The first kappa shape index (κ1) is 20.4. The Morgan fingerprint density at radius 3 is 2.58 bits per heavy atom. The molecule has 1 amide bonds. The van der Waals surface area contributed by atoms with Crippen LogP contribution in [0.3, 0.4) is 0 Å². The monoisotopic (exact) mass is 382 g/mol. The molecule has 1 aliphatic heterocycles. The SMILES string of the molecule is CC(CN(C)C(=O)C1CCCN(S(=O)(=O)Cc2ccccc2)C1)C(=O)O. The molecule has 0 saturated carbocycles. The highest BCUT2D eigenvalue weighted by Gasteiger charge is 2.34. The van der Waals surface area contributed by atoms with Gasteiger partial charge in [0.15, 0.2) is 0 Å². The molecule has 144 valence electrons. The minimum Gasteiger partial charge on any atom is -0.481 e. The van der Waals surface area contributed by atoms with Crippen molar-refractivity contribution >= 4 is 21.9 Å². The Morgan fingerprint density at radius 1 is 1.31 bits per heavy atom. The van der Waals surface area contributed by atoms with E-state index in [1.54, 1.807) is 38.2 Å². The average molecular weight is 382 g/mol. The Labute approximate surface area is 154 Å². The fraction of sp³-hybridized carbons (Fsp3) is 0.556. The van der Waals surface area contributed by atoms with E-state index in [1.165, 1.54) is 9.21 Å². The Hall–Kier alpha value is -1.93. The lowest BCUT2D eigenvalue weighted by Crippen LogP contribution is -2.47. The first-order chi connectivity index (χ1) is 12.2. The summed E-state index contributed by atoms with van der Waals surface area (Å²) in [5.74, 6) is -2.33. The Morgan fingerprint density at radius 2 is 1.96 bits per heavy atom. The zero-order valence-corrected chi connectivity index (χ0v) is 16.0. The number of carbonyl (C=O) groups is 2. The van der Waals surface area contributed by atoms with Gasteiger partial charge in [-0.2, -0.15) is 0 Å². The third kappa shape index (κ3) is 5.28. The molecule has 1 aromatic carbocycles. The molecule has 1 aromatic rings. The third-order valence-corrected chi connectivity index (χ3v) is 6.48. The van der Waals surface area contributed by atoms with E-state index in [-0.39, 0.29) is 24.7 Å². The van der Waals surface area contributed by atoms with Crippen molar-refractivity contribution in [2.45, 2.75) is 25.5 Å². The maximum Gasteiger partial charge on any atom is 0.308 e. The van der Waals surface area contributed by atoms with Gasteiger partial charge in [-0.1, -0.05) is 37.3 Å². The second kappa shape index (κ2) is 8.64. The predicted molar refractivity (Wildman–Crippen MR) is 97.8 cm³/mol. The van der Waals surface area contributed by atoms with Crippen LogP contribution in [-0.2, 0) is 25.4 Å². The van der Waals surface area contributed by atoms with Crippen LogP contribution in [0, 0.1) is 11.8 Å². The van der Waals surface area contributed by atoms with Gasteiger partial charge in [0, 0.05) is 26.7 Å². The summed E-state index contributed by atoms with van der Waals surface area (Å²) in [6.45, 7) is 2.22. The topological polar surface area (TPSA) is 95.0 Å². The summed E-state index contributed by atoms with van der Waals surface area (Å²) >= 11 is 0. The summed E-state index contributed by atoms with van der Waals surface area (Å²) in [4.78, 5) is 25.0. The number of hydrogen-bond donors (Lipinski definition) is 1. The summed E-state index contributed by atoms with van der Waals surface area (Å²) < 4.78 is 26.8. The predicted octanol–water partition coefficient (Wildman–Crippen LogP) is 1.41. The normalized spacial score (nSPS) is 19.7. The standard InChI is InChI=1S/C18H26N2O5S/c1-14(18(22)23)11-19(2)17(21)16-9-6-10-20(12-16)26(24,25)13-15-7-4-3-5-8-15/h3-5,7-8,14,16H,6,9-13H2,1-2H3,(H,22,23). The number of carboxylic acid groups (broad SMARTS) is 1. The van der Waals surface area contributed by atoms with E-state index in [2.05, 4.69) is 0 Å². The molecule has 8 heteroatoms. The van der Waals surface area contributed by atoms with Crippen LogP contribution in [0.5, 0.6) is 0 Å². The first-order valence-corrected chi connectivity index (χ1v) is 10.3. The average Bonchev–Trinajstić information content (AvgIpc) is 2.61. The van der Waals surface area contributed by atoms with Crippen LogP contribution in [0.25, 0.3) is 0 Å². The number of nitrogens with zero attached hydrogens (tertiary/aromatic N) is 2. The van der Waals surface area contributed by atoms with E-state index < -0.39 is 27.8 Å². The van der Waals surface area contributed by atoms with Crippen LogP contribution in [0.4, 0.5) is 0 Å². The van der Waals surface area contributed by atoms with Gasteiger partial charge in [0.25, 0.3) is 0 Å². The number of hydrogen-bond acceptors (Lipinski definition) is 4. The van der Waals surface area contributed by atoms with Gasteiger partial charge in [0.2, 0.25) is 15.9 Å². The Bertz CT molecular complexity index is 735. The maximum atomic E-state index is 12.7. The number of piperidine rings is 1. The molecule has 0 aliphatic carbocycles. The fourth-order valence-electron chi connectivity index (χ4n) is 3.16. The molecule has 1 saturated heterocycles. The maximum absolute atomic E-state index is 12.7. The minimum atomic E-state index is -3.50. The molecule has 2 rings (SSSR count). The van der Waals surface area contributed by atoms with Gasteiger partial charge in [-0.05, 0) is 18.4 Å². The van der Waals surface area contributed by atoms with Crippen molar-refractivity contribution in [2.75, 3.05) is 26.7 Å². The molecule has 1 heterocycles. The van der Waals surface area contributed by atoms with E-state index in [0.717, 1.165) is 0 Å². The lowest BCUT2D eigenvalue weighted by molar-refractivity contribution is -0.143. The lowest BCUT2D eigenvalue weighted by Gasteiger charge is -2.33. The second-order valence-electron chi connectivity index (χ2n) is 6.90. The molecule has 1 fully saturated rings. The molecular formula is C18H26N2O5S. The summed E-state index contributed by atoms with van der Waals surface area (Å²) in [7, 11) is -1.93. The van der Waals surface area contributed by atoms with Crippen molar-refractivity contribution in [3.8, 4) is 0 Å². The van der Waals surface area contributed by atoms with Crippen molar-refractivity contribution in [2.24, 2.45) is 11.8 Å². The zero-order valence-electron chi connectivity index (χ0n) is 15.2. The van der Waals surface area contributed by atoms with Crippen molar-refractivity contribution in [3.05, 3.63) is 35.9 Å². The number of aliphatic carboxylic acids is 1. The molecular weight excluding hydrogens is 356 g/mol. The highest BCUT2D eigenvalue weighted by Crippen LogP contribution is 2.23. The number of sulfonamides is 1. The molecule has 7 nitrogen and oxygen atoms in total. The van der Waals surface area contributed by atoms with E-state index in [0.29, 0.717) is 24.9 Å². The number of amides is 1. The van der Waals surface area contributed by atoms with Crippen LogP contribution >= 0.6 is 0 Å². The van der Waals surface area contributed by atoms with Gasteiger partial charge in [0.1, 0.15) is 0 Å². The summed E-state index contributed by atoms with van der Waals surface area (Å²) in [5, 5.41) is 8.99. The minimum absolute atomic E-state index is 0.0827. The molecule has 0 spiro atoms. The lowest BCUT2D eigenvalue weighted by atomic mass is 9.98. The highest BCUT2D eigenvalue weighted by atomic mass is 32.2. The molecule has 1 aliphatic rings. The molecule has 0 aromatic heterocycles. The van der Waals surface area contributed by atoms with Crippen LogP contribution in [0.15, 0.2) is 30.3 Å². The molecule has 2 unspecified atom stereocenters. The van der Waals surface area contributed by atoms with E-state index in [1.807, 2.05) is 6.07 Å². The van der Waals surface area contributed by atoms with Gasteiger partial charge in [-0.3, -0.25) is 9.59 Å². The Kier molecular flexibility index (Phi) is 6.77. The van der Waals surface area contributed by atoms with E-state index in [4.69, 9.17) is 5.11 Å². The number of benzene rings is 1. The third-order valence-electron chi connectivity index (χ3n) is 4.66. The second-order valence-corrected chi connectivity index (χ2v) is 8.87. The van der Waals surface area contributed by atoms with Crippen LogP contribution < -0.4 is 0 Å².